The number of carboxylic acid groups (broad SMARTS) is 4. The van der Waals surface area contributed by atoms with Crippen molar-refractivity contribution in [1.29, 1.82) is 0 Å². The van der Waals surface area contributed by atoms with E-state index in [2.05, 4.69) is 0 Å². The number of carbonyl (C=O) groups is 4. The fourth-order valence-electron chi connectivity index (χ4n) is 5.63. The van der Waals surface area contributed by atoms with Gasteiger partial charge in [0.2, 0.25) is 0 Å². The van der Waals surface area contributed by atoms with Crippen LogP contribution in [0.1, 0.15) is 79.1 Å². The molecule has 12 nitrogen and oxygen atoms in total. The monoisotopic (exact) mass is 569 g/mol. The highest BCUT2D eigenvalue weighted by molar-refractivity contribution is 5.73. The second-order valence-electron chi connectivity index (χ2n) is 10.7. The number of nitrogens with zero attached hydrogens (tertiary/aromatic N) is 4. The Balaban J connectivity index is 3.52. The van der Waals surface area contributed by atoms with Crippen LogP contribution in [0.3, 0.4) is 0 Å². The average Bonchev–Trinajstić information content (AvgIpc) is 2.88. The first-order chi connectivity index (χ1) is 19.0. The fourth-order valence-corrected chi connectivity index (χ4v) is 5.63. The van der Waals surface area contributed by atoms with Crippen LogP contribution in [0.2, 0.25) is 0 Å². The second kappa shape index (κ2) is 19.0. The number of hydrogen-bond donors (Lipinski definition) is 1. The van der Waals surface area contributed by atoms with E-state index in [1.54, 1.807) is 19.6 Å². The highest BCUT2D eigenvalue weighted by Gasteiger charge is 2.30. The van der Waals surface area contributed by atoms with Crippen LogP contribution in [0, 0.1) is 0 Å². The fraction of sp³-hybridized carbons (Fsp3) is 0.857. The molecule has 4 atom stereocenters. The van der Waals surface area contributed by atoms with Crippen LogP contribution in [0.15, 0.2) is 0 Å². The maximum absolute atomic E-state index is 12.2. The Labute approximate surface area is 238 Å². The van der Waals surface area contributed by atoms with Crippen molar-refractivity contribution in [3.63, 3.8) is 0 Å². The summed E-state index contributed by atoms with van der Waals surface area (Å²) < 4.78 is 0. The Morgan fingerprint density at radius 1 is 0.500 bits per heavy atom. The molecule has 40 heavy (non-hydrogen) atoms. The second-order valence-corrected chi connectivity index (χ2v) is 10.7. The van der Waals surface area contributed by atoms with Gasteiger partial charge in [0.05, 0.1) is 17.9 Å². The molecule has 0 unspecified atom stereocenters. The van der Waals surface area contributed by atoms with E-state index < -0.39 is 48.0 Å². The first-order valence-electron chi connectivity index (χ1n) is 14.8. The van der Waals surface area contributed by atoms with Gasteiger partial charge in [-0.3, -0.25) is 24.4 Å². The van der Waals surface area contributed by atoms with Gasteiger partial charge in [-0.25, -0.2) is 0 Å². The number of carbonyl (C=O) groups excluding carboxylic acids is 3. The van der Waals surface area contributed by atoms with Crippen LogP contribution in [-0.2, 0) is 19.2 Å². The molecule has 0 bridgehead atoms. The molecule has 1 rings (SSSR count). The van der Waals surface area contributed by atoms with Gasteiger partial charge < -0.3 is 34.8 Å². The molecule has 0 aliphatic carbocycles. The lowest BCUT2D eigenvalue weighted by molar-refractivity contribution is -0.314. The Bertz CT molecular complexity index is 654. The van der Waals surface area contributed by atoms with E-state index in [9.17, 15) is 39.6 Å². The molecule has 232 valence electrons. The summed E-state index contributed by atoms with van der Waals surface area (Å²) in [6.45, 7) is 9.39. The first-order valence-corrected chi connectivity index (χ1v) is 14.8. The molecule has 0 amide bonds. The lowest BCUT2D eigenvalue weighted by Crippen LogP contribution is -2.59. The normalized spacial score (nSPS) is 20.5. The van der Waals surface area contributed by atoms with Gasteiger partial charge in [0.1, 0.15) is 6.04 Å². The maximum atomic E-state index is 12.2. The van der Waals surface area contributed by atoms with E-state index in [0.29, 0.717) is 51.4 Å². The molecule has 1 fully saturated rings. The summed E-state index contributed by atoms with van der Waals surface area (Å²) in [7, 11) is 0. The Morgan fingerprint density at radius 2 is 0.700 bits per heavy atom. The quantitative estimate of drug-likeness (QED) is 0.222. The van der Waals surface area contributed by atoms with Crippen molar-refractivity contribution in [2.75, 3.05) is 52.4 Å². The molecule has 1 N–H and O–H groups in total. The zero-order valence-electron chi connectivity index (χ0n) is 24.7. The molecule has 0 aromatic heterocycles. The Hall–Kier alpha value is -2.28. The minimum Gasteiger partial charge on any atom is -0.548 e. The van der Waals surface area contributed by atoms with Crippen molar-refractivity contribution < 1.29 is 39.6 Å². The van der Waals surface area contributed by atoms with Crippen molar-refractivity contribution in [3.05, 3.63) is 0 Å². The topological polar surface area (TPSA) is 171 Å². The summed E-state index contributed by atoms with van der Waals surface area (Å²) >= 11 is 0. The van der Waals surface area contributed by atoms with Crippen molar-refractivity contribution >= 4 is 23.9 Å². The maximum Gasteiger partial charge on any atom is 0.320 e. The zero-order chi connectivity index (χ0) is 30.2. The molecular weight excluding hydrogens is 520 g/mol. The summed E-state index contributed by atoms with van der Waals surface area (Å²) in [6, 6.07) is -3.51. The molecule has 1 aliphatic heterocycles. The van der Waals surface area contributed by atoms with Crippen LogP contribution < -0.4 is 15.3 Å². The van der Waals surface area contributed by atoms with E-state index in [0.717, 1.165) is 0 Å². The van der Waals surface area contributed by atoms with E-state index in [1.807, 2.05) is 27.7 Å². The van der Waals surface area contributed by atoms with Crippen LogP contribution in [0.4, 0.5) is 0 Å². The minimum atomic E-state index is -1.22. The van der Waals surface area contributed by atoms with Crippen molar-refractivity contribution in [1.82, 2.24) is 19.6 Å². The number of carboxylic acids is 4. The van der Waals surface area contributed by atoms with Crippen LogP contribution in [0.5, 0.6) is 0 Å². The smallest absolute Gasteiger partial charge is 0.320 e. The number of hydrogen-bond acceptors (Lipinski definition) is 11. The lowest BCUT2D eigenvalue weighted by atomic mass is 10.1. The highest BCUT2D eigenvalue weighted by atomic mass is 16.4. The van der Waals surface area contributed by atoms with Crippen molar-refractivity contribution in [2.45, 2.75) is 103 Å². The molecular formula is C28H49N4O8-3. The summed E-state index contributed by atoms with van der Waals surface area (Å²) in [5, 5.41) is 46.3. The molecule has 0 saturated carbocycles. The largest absolute Gasteiger partial charge is 0.548 e. The summed E-state index contributed by atoms with van der Waals surface area (Å²) in [4.78, 5) is 55.6. The van der Waals surface area contributed by atoms with Gasteiger partial charge in [0.25, 0.3) is 0 Å². The molecule has 0 spiro atoms. The first kappa shape index (κ1) is 35.7. The molecule has 0 aromatic rings. The van der Waals surface area contributed by atoms with Gasteiger partial charge in [0, 0.05) is 70.5 Å². The number of rotatable bonds is 16. The van der Waals surface area contributed by atoms with E-state index in [4.69, 9.17) is 0 Å². The molecule has 1 saturated heterocycles. The zero-order valence-corrected chi connectivity index (χ0v) is 24.7. The highest BCUT2D eigenvalue weighted by Crippen LogP contribution is 2.16. The third kappa shape index (κ3) is 11.3. The Kier molecular flexibility index (Phi) is 16.9. The third-order valence-corrected chi connectivity index (χ3v) is 7.81. The third-order valence-electron chi connectivity index (χ3n) is 7.81. The molecule has 12 heteroatoms. The van der Waals surface area contributed by atoms with Gasteiger partial charge in [-0.1, -0.05) is 53.4 Å². The summed E-state index contributed by atoms with van der Waals surface area (Å²) in [5.41, 5.74) is 0. The lowest BCUT2D eigenvalue weighted by Gasteiger charge is -2.42. The predicted molar refractivity (Wildman–Crippen MR) is 144 cm³/mol. The van der Waals surface area contributed by atoms with Gasteiger partial charge in [-0.2, -0.15) is 0 Å². The van der Waals surface area contributed by atoms with E-state index >= 15 is 0 Å². The van der Waals surface area contributed by atoms with Gasteiger partial charge in [-0.15, -0.1) is 0 Å². The average molecular weight is 570 g/mol. The summed E-state index contributed by atoms with van der Waals surface area (Å²) in [5.74, 6) is -4.65. The molecule has 1 aliphatic rings. The van der Waals surface area contributed by atoms with Crippen molar-refractivity contribution in [3.8, 4) is 0 Å². The molecule has 0 radical (unpaired) electrons. The van der Waals surface area contributed by atoms with Crippen molar-refractivity contribution in [2.24, 2.45) is 0 Å². The molecule has 1 heterocycles. The molecule has 0 aromatic carbocycles. The van der Waals surface area contributed by atoms with E-state index in [-0.39, 0.29) is 52.4 Å². The Morgan fingerprint density at radius 3 is 0.875 bits per heavy atom. The van der Waals surface area contributed by atoms with Crippen LogP contribution in [0.25, 0.3) is 0 Å². The SMILES string of the molecule is CCC[C@H](C(=O)[O-])N1CCN([C@H](CCC)C(=O)[O-])CCN([C@H](CCC)C(=O)O)CCN([C@H](CCC)C(=O)[O-])CC1. The van der Waals surface area contributed by atoms with Crippen LogP contribution >= 0.6 is 0 Å². The van der Waals surface area contributed by atoms with Crippen LogP contribution in [-0.4, -0.2) is 125 Å². The number of aliphatic carboxylic acids is 4. The van der Waals surface area contributed by atoms with Gasteiger partial charge in [0.15, 0.2) is 0 Å². The summed E-state index contributed by atoms with van der Waals surface area (Å²) in [6.07, 6.45) is 3.85. The predicted octanol–water partition coefficient (Wildman–Crippen LogP) is -1.78. The standard InChI is InChI=1S/C28H52N4O8/c1-5-9-21(25(33)34)29-13-15-30(22(10-6-2)26(35)36)17-19-32(24(12-8-4)28(39)40)20-18-31(16-14-29)23(11-7-3)27(37)38/h21-24H,5-20H2,1-4H3,(H,33,34)(H,35,36)(H,37,38)(H,39,40)/p-3/t21-,22-,23-,24-/m1/s1. The van der Waals surface area contributed by atoms with E-state index in [1.165, 1.54) is 0 Å². The van der Waals surface area contributed by atoms with Gasteiger partial charge >= 0.3 is 5.97 Å². The van der Waals surface area contributed by atoms with Gasteiger partial charge in [-0.05, 0) is 25.7 Å². The minimum absolute atomic E-state index is 0.223.